The van der Waals surface area contributed by atoms with Crippen molar-refractivity contribution in [1.29, 1.82) is 0 Å². The van der Waals surface area contributed by atoms with Crippen LogP contribution in [0.2, 0.25) is 0 Å². The molecule has 6 aliphatic rings. The maximum absolute atomic E-state index is 4.87. The SMILES string of the molecule is C1=CC(C2=CC3=NC2=CC2=NC(=CC4=NC(=CC5=NC(=C3)C=C5)C=C4)C=C2)=CCN1. The normalized spacial score (nSPS) is 22.9. The largest absolute Gasteiger partial charge is 0.387 e. The van der Waals surface area contributed by atoms with Crippen LogP contribution in [0, 0.1) is 0 Å². The summed E-state index contributed by atoms with van der Waals surface area (Å²) in [5.41, 5.74) is 9.33. The Morgan fingerprint density at radius 1 is 0.567 bits per heavy atom. The summed E-state index contributed by atoms with van der Waals surface area (Å²) in [5.74, 6) is 0. The lowest BCUT2D eigenvalue weighted by Crippen LogP contribution is -2.09. The Balaban J connectivity index is 1.50. The van der Waals surface area contributed by atoms with Crippen LogP contribution >= 0.6 is 0 Å². The van der Waals surface area contributed by atoms with Crippen LogP contribution in [0.1, 0.15) is 0 Å². The van der Waals surface area contributed by atoms with E-state index in [-0.39, 0.29) is 0 Å². The highest BCUT2D eigenvalue weighted by Gasteiger charge is 2.19. The molecular weight excluding hydrogens is 370 g/mol. The summed E-state index contributed by atoms with van der Waals surface area (Å²) < 4.78 is 0. The summed E-state index contributed by atoms with van der Waals surface area (Å²) in [4.78, 5) is 19.0. The molecule has 5 heteroatoms. The number of rotatable bonds is 1. The predicted octanol–water partition coefficient (Wildman–Crippen LogP) is 3.99. The van der Waals surface area contributed by atoms with Crippen molar-refractivity contribution in [2.75, 3.05) is 6.54 Å². The van der Waals surface area contributed by atoms with Gasteiger partial charge in [0.1, 0.15) is 0 Å². The Hall–Kier alpha value is -4.12. The summed E-state index contributed by atoms with van der Waals surface area (Å²) >= 11 is 0. The fourth-order valence-electron chi connectivity index (χ4n) is 3.78. The molecule has 8 bridgehead atoms. The second-order valence-electron chi connectivity index (χ2n) is 7.34. The van der Waals surface area contributed by atoms with Gasteiger partial charge in [-0.25, -0.2) is 20.0 Å². The molecule has 0 aliphatic carbocycles. The zero-order valence-electron chi connectivity index (χ0n) is 16.1. The van der Waals surface area contributed by atoms with Crippen molar-refractivity contribution in [1.82, 2.24) is 5.32 Å². The molecule has 0 aromatic carbocycles. The lowest BCUT2D eigenvalue weighted by Gasteiger charge is -2.10. The van der Waals surface area contributed by atoms with Crippen molar-refractivity contribution in [2.24, 2.45) is 20.0 Å². The zero-order chi connectivity index (χ0) is 19.9. The van der Waals surface area contributed by atoms with E-state index in [9.17, 15) is 0 Å². The maximum atomic E-state index is 4.87. The summed E-state index contributed by atoms with van der Waals surface area (Å²) in [6.07, 6.45) is 28.4. The first-order valence-electron chi connectivity index (χ1n) is 9.87. The Bertz CT molecular complexity index is 1300. The maximum Gasteiger partial charge on any atom is 0.0737 e. The third kappa shape index (κ3) is 3.16. The van der Waals surface area contributed by atoms with Crippen LogP contribution < -0.4 is 5.32 Å². The van der Waals surface area contributed by atoms with Crippen LogP contribution in [0.5, 0.6) is 0 Å². The first-order valence-corrected chi connectivity index (χ1v) is 9.87. The number of fused-ring (bicyclic) bond motifs is 4. The summed E-state index contributed by atoms with van der Waals surface area (Å²) in [6.45, 7) is 0.807. The minimum Gasteiger partial charge on any atom is -0.387 e. The van der Waals surface area contributed by atoms with Gasteiger partial charge in [0.05, 0.1) is 45.6 Å². The molecule has 1 N–H and O–H groups in total. The van der Waals surface area contributed by atoms with E-state index in [0.717, 1.165) is 63.3 Å². The van der Waals surface area contributed by atoms with Gasteiger partial charge in [-0.05, 0) is 84.7 Å². The average molecular weight is 387 g/mol. The minimum absolute atomic E-state index is 0.807. The van der Waals surface area contributed by atoms with Gasteiger partial charge in [-0.1, -0.05) is 6.08 Å². The van der Waals surface area contributed by atoms with Gasteiger partial charge in [-0.2, -0.15) is 0 Å². The predicted molar refractivity (Wildman–Crippen MR) is 123 cm³/mol. The van der Waals surface area contributed by atoms with Crippen molar-refractivity contribution >= 4 is 22.8 Å². The lowest BCUT2D eigenvalue weighted by molar-refractivity contribution is 0.960. The van der Waals surface area contributed by atoms with Gasteiger partial charge >= 0.3 is 0 Å². The van der Waals surface area contributed by atoms with Gasteiger partial charge in [0.15, 0.2) is 0 Å². The monoisotopic (exact) mass is 387 g/mol. The molecule has 30 heavy (non-hydrogen) atoms. The second-order valence-corrected chi connectivity index (χ2v) is 7.34. The Kier molecular flexibility index (Phi) is 3.77. The van der Waals surface area contributed by atoms with Gasteiger partial charge in [0.25, 0.3) is 0 Å². The molecular formula is C25H17N5. The third-order valence-corrected chi connectivity index (χ3v) is 5.17. The molecule has 142 valence electrons. The molecule has 0 saturated carbocycles. The van der Waals surface area contributed by atoms with E-state index in [1.54, 1.807) is 0 Å². The van der Waals surface area contributed by atoms with E-state index < -0.39 is 0 Å². The zero-order valence-corrected chi connectivity index (χ0v) is 16.1. The van der Waals surface area contributed by atoms with E-state index in [1.165, 1.54) is 0 Å². The molecule has 6 heterocycles. The molecule has 0 fully saturated rings. The smallest absolute Gasteiger partial charge is 0.0737 e. The fraction of sp³-hybridized carbons (Fsp3) is 0.0400. The standard InChI is InChI=1S/C25H17N5/c1-2-18-12-20-5-6-22(29-20)15-25-24(16-7-9-26-10-8-16)14-23(30-25)13-21-4-3-19(28-21)11-17(1)27-18/h1-9,11-15,26H,10H2. The molecule has 6 aliphatic heterocycles. The van der Waals surface area contributed by atoms with Gasteiger partial charge < -0.3 is 5.32 Å². The van der Waals surface area contributed by atoms with E-state index in [1.807, 2.05) is 67.0 Å². The molecule has 0 spiro atoms. The number of hydrogen-bond acceptors (Lipinski definition) is 5. The van der Waals surface area contributed by atoms with Crippen molar-refractivity contribution in [3.05, 3.63) is 119 Å². The van der Waals surface area contributed by atoms with Crippen molar-refractivity contribution in [3.63, 3.8) is 0 Å². The number of aliphatic imine (C=N–C) groups is 4. The van der Waals surface area contributed by atoms with Crippen molar-refractivity contribution in [2.45, 2.75) is 0 Å². The van der Waals surface area contributed by atoms with E-state index in [4.69, 9.17) is 15.0 Å². The van der Waals surface area contributed by atoms with Gasteiger partial charge in [-0.3, -0.25) is 0 Å². The molecule has 5 nitrogen and oxygen atoms in total. The summed E-state index contributed by atoms with van der Waals surface area (Å²) in [7, 11) is 0. The van der Waals surface area contributed by atoms with Gasteiger partial charge in [0.2, 0.25) is 0 Å². The molecule has 0 aromatic rings. The Morgan fingerprint density at radius 2 is 1.17 bits per heavy atom. The first kappa shape index (κ1) is 16.8. The van der Waals surface area contributed by atoms with Crippen LogP contribution in [-0.4, -0.2) is 29.4 Å². The molecule has 0 aromatic heterocycles. The van der Waals surface area contributed by atoms with Crippen LogP contribution in [-0.2, 0) is 0 Å². The van der Waals surface area contributed by atoms with Crippen LogP contribution in [0.3, 0.4) is 0 Å². The highest BCUT2D eigenvalue weighted by Crippen LogP contribution is 2.30. The minimum atomic E-state index is 0.807. The highest BCUT2D eigenvalue weighted by molar-refractivity contribution is 6.15. The number of hydrogen-bond donors (Lipinski definition) is 1. The van der Waals surface area contributed by atoms with Crippen LogP contribution in [0.15, 0.2) is 139 Å². The van der Waals surface area contributed by atoms with E-state index in [0.29, 0.717) is 0 Å². The quantitative estimate of drug-likeness (QED) is 0.727. The molecule has 6 rings (SSSR count). The highest BCUT2D eigenvalue weighted by atomic mass is 14.9. The van der Waals surface area contributed by atoms with Crippen LogP contribution in [0.25, 0.3) is 0 Å². The van der Waals surface area contributed by atoms with Gasteiger partial charge in [-0.15, -0.1) is 0 Å². The van der Waals surface area contributed by atoms with E-state index >= 15 is 0 Å². The first-order chi connectivity index (χ1) is 14.8. The number of dihydropyridines is 1. The van der Waals surface area contributed by atoms with E-state index in [2.05, 4.69) is 28.5 Å². The van der Waals surface area contributed by atoms with Crippen molar-refractivity contribution in [3.8, 4) is 0 Å². The second kappa shape index (κ2) is 6.74. The molecule has 0 amide bonds. The molecule has 0 atom stereocenters. The lowest BCUT2D eigenvalue weighted by atomic mass is 10.0. The van der Waals surface area contributed by atoms with Crippen molar-refractivity contribution < 1.29 is 0 Å². The molecule has 0 radical (unpaired) electrons. The summed E-state index contributed by atoms with van der Waals surface area (Å²) in [5, 5.41) is 3.20. The number of allylic oxidation sites excluding steroid dienone is 13. The number of nitrogens with one attached hydrogen (secondary N) is 1. The summed E-state index contributed by atoms with van der Waals surface area (Å²) in [6, 6.07) is 0. The molecule has 0 unspecified atom stereocenters. The van der Waals surface area contributed by atoms with Gasteiger partial charge in [0, 0.05) is 12.1 Å². The fourth-order valence-corrected chi connectivity index (χ4v) is 3.78. The number of nitrogens with zero attached hydrogens (tertiary/aromatic N) is 4. The Morgan fingerprint density at radius 3 is 1.77 bits per heavy atom. The third-order valence-electron chi connectivity index (χ3n) is 5.17. The molecule has 0 saturated heterocycles. The topological polar surface area (TPSA) is 61.5 Å². The van der Waals surface area contributed by atoms with Crippen LogP contribution in [0.4, 0.5) is 0 Å². The Labute approximate surface area is 174 Å². The average Bonchev–Trinajstić information content (AvgIpc) is 3.53.